The van der Waals surface area contributed by atoms with E-state index in [4.69, 9.17) is 4.74 Å². The van der Waals surface area contributed by atoms with Crippen LogP contribution in [0, 0.1) is 11.8 Å². The van der Waals surface area contributed by atoms with Crippen LogP contribution in [0.25, 0.3) is 0 Å². The van der Waals surface area contributed by atoms with Crippen LogP contribution in [0.4, 0.5) is 0 Å². The lowest BCUT2D eigenvalue weighted by atomic mass is 9.87. The van der Waals surface area contributed by atoms with Crippen LogP contribution in [0.3, 0.4) is 0 Å². The number of ether oxygens (including phenoxy) is 1. The fraction of sp³-hybridized carbons (Fsp3) is 0.615. The molecule has 0 aromatic rings. The van der Waals surface area contributed by atoms with Crippen molar-refractivity contribution in [1.29, 1.82) is 0 Å². The molecule has 2 heteroatoms. The Bertz CT molecular complexity index is 338. The molecule has 0 aromatic heterocycles. The van der Waals surface area contributed by atoms with Crippen molar-refractivity contribution in [3.05, 3.63) is 23.3 Å². The molecule has 1 aliphatic carbocycles. The molecule has 0 bridgehead atoms. The molecule has 0 N–H and O–H groups in total. The zero-order valence-corrected chi connectivity index (χ0v) is 9.51. The lowest BCUT2D eigenvalue weighted by molar-refractivity contribution is -0.113. The van der Waals surface area contributed by atoms with Gasteiger partial charge in [0.25, 0.3) is 0 Å². The third-order valence-corrected chi connectivity index (χ3v) is 3.64. The van der Waals surface area contributed by atoms with Gasteiger partial charge in [0.2, 0.25) is 0 Å². The van der Waals surface area contributed by atoms with E-state index >= 15 is 0 Å². The molecule has 0 spiro atoms. The molecule has 1 saturated heterocycles. The summed E-state index contributed by atoms with van der Waals surface area (Å²) in [4.78, 5) is 11.5. The third-order valence-electron chi connectivity index (χ3n) is 3.64. The Labute approximate surface area is 91.0 Å². The van der Waals surface area contributed by atoms with E-state index in [1.54, 1.807) is 6.92 Å². The van der Waals surface area contributed by atoms with Gasteiger partial charge in [-0.15, -0.1) is 0 Å². The molecule has 2 atom stereocenters. The topological polar surface area (TPSA) is 26.3 Å². The van der Waals surface area contributed by atoms with E-state index in [1.807, 2.05) is 0 Å². The van der Waals surface area contributed by atoms with Crippen LogP contribution in [0.1, 0.15) is 26.7 Å². The van der Waals surface area contributed by atoms with Gasteiger partial charge < -0.3 is 4.74 Å². The summed E-state index contributed by atoms with van der Waals surface area (Å²) in [5.74, 6) is 1.22. The Morgan fingerprint density at radius 2 is 2.20 bits per heavy atom. The number of ketones is 1. The van der Waals surface area contributed by atoms with Crippen LogP contribution in [0.5, 0.6) is 0 Å². The van der Waals surface area contributed by atoms with Gasteiger partial charge in [-0.25, -0.2) is 0 Å². The monoisotopic (exact) mass is 206 g/mol. The van der Waals surface area contributed by atoms with Gasteiger partial charge in [-0.05, 0) is 38.2 Å². The average molecular weight is 206 g/mol. The summed E-state index contributed by atoms with van der Waals surface area (Å²) >= 11 is 0. The molecule has 0 radical (unpaired) electrons. The van der Waals surface area contributed by atoms with Gasteiger partial charge in [0, 0.05) is 5.92 Å². The number of allylic oxidation sites excluding steroid dienone is 2. The lowest BCUT2D eigenvalue weighted by Gasteiger charge is -2.15. The smallest absolute Gasteiger partial charge is 0.156 e. The van der Waals surface area contributed by atoms with E-state index < -0.39 is 0 Å². The number of hydrogen-bond acceptors (Lipinski definition) is 2. The van der Waals surface area contributed by atoms with Gasteiger partial charge in [0.15, 0.2) is 5.78 Å². The maximum atomic E-state index is 11.5. The Morgan fingerprint density at radius 1 is 1.47 bits per heavy atom. The zero-order valence-electron chi connectivity index (χ0n) is 9.51. The first-order valence-corrected chi connectivity index (χ1v) is 5.54. The summed E-state index contributed by atoms with van der Waals surface area (Å²) in [5.41, 5.74) is 3.40. The number of carbonyl (C=O) groups excluding carboxylic acids is 1. The Morgan fingerprint density at radius 3 is 2.87 bits per heavy atom. The molecule has 1 aliphatic heterocycles. The molecule has 15 heavy (non-hydrogen) atoms. The maximum Gasteiger partial charge on any atom is 0.156 e. The van der Waals surface area contributed by atoms with E-state index in [1.165, 1.54) is 11.1 Å². The second kappa shape index (κ2) is 3.93. The first-order chi connectivity index (χ1) is 7.09. The Balaban J connectivity index is 2.29. The van der Waals surface area contributed by atoms with Crippen molar-refractivity contribution >= 4 is 5.78 Å². The van der Waals surface area contributed by atoms with E-state index in [2.05, 4.69) is 13.5 Å². The zero-order chi connectivity index (χ0) is 11.0. The minimum absolute atomic E-state index is 0.203. The van der Waals surface area contributed by atoms with Crippen LogP contribution >= 0.6 is 0 Å². The first kappa shape index (κ1) is 10.6. The number of rotatable bonds is 1. The Kier molecular flexibility index (Phi) is 2.79. The van der Waals surface area contributed by atoms with E-state index in [-0.39, 0.29) is 5.78 Å². The largest absolute Gasteiger partial charge is 0.380 e. The minimum Gasteiger partial charge on any atom is -0.380 e. The second-order valence-electron chi connectivity index (χ2n) is 4.76. The van der Waals surface area contributed by atoms with Crippen molar-refractivity contribution in [1.82, 2.24) is 0 Å². The maximum absolute atomic E-state index is 11.5. The predicted molar refractivity (Wildman–Crippen MR) is 59.6 cm³/mol. The van der Waals surface area contributed by atoms with Crippen molar-refractivity contribution in [2.24, 2.45) is 11.8 Å². The molecule has 0 amide bonds. The fourth-order valence-corrected chi connectivity index (χ4v) is 2.70. The predicted octanol–water partition coefficient (Wildman–Crippen LogP) is 2.50. The standard InChI is InChI=1S/C13H18O2/c1-8-4-11-6-15-7-13(11)9(2)5-12(8)10(3)14/h11,13H,2,4-7H2,1,3H3. The van der Waals surface area contributed by atoms with Crippen molar-refractivity contribution < 1.29 is 9.53 Å². The van der Waals surface area contributed by atoms with Crippen molar-refractivity contribution in [2.75, 3.05) is 13.2 Å². The van der Waals surface area contributed by atoms with Crippen LogP contribution in [0.2, 0.25) is 0 Å². The molecule has 0 aromatic carbocycles. The Hall–Kier alpha value is -0.890. The van der Waals surface area contributed by atoms with Gasteiger partial charge in [0.05, 0.1) is 13.2 Å². The van der Waals surface area contributed by atoms with Crippen LogP contribution in [-0.4, -0.2) is 19.0 Å². The molecule has 2 rings (SSSR count). The highest BCUT2D eigenvalue weighted by Crippen LogP contribution is 2.38. The molecule has 2 unspecified atom stereocenters. The second-order valence-corrected chi connectivity index (χ2v) is 4.76. The molecule has 2 nitrogen and oxygen atoms in total. The molecule has 2 aliphatic rings. The molecular weight excluding hydrogens is 188 g/mol. The van der Waals surface area contributed by atoms with Gasteiger partial charge >= 0.3 is 0 Å². The van der Waals surface area contributed by atoms with E-state index in [0.717, 1.165) is 31.6 Å². The van der Waals surface area contributed by atoms with Crippen LogP contribution in [0.15, 0.2) is 23.3 Å². The van der Waals surface area contributed by atoms with Crippen LogP contribution in [-0.2, 0) is 9.53 Å². The van der Waals surface area contributed by atoms with Gasteiger partial charge in [0.1, 0.15) is 0 Å². The molecule has 1 heterocycles. The highest BCUT2D eigenvalue weighted by Gasteiger charge is 2.33. The van der Waals surface area contributed by atoms with Gasteiger partial charge in [-0.1, -0.05) is 17.7 Å². The summed E-state index contributed by atoms with van der Waals surface area (Å²) in [6, 6.07) is 0. The summed E-state index contributed by atoms with van der Waals surface area (Å²) in [6.07, 6.45) is 1.75. The average Bonchev–Trinajstić information content (AvgIpc) is 2.56. The number of hydrogen-bond donors (Lipinski definition) is 0. The van der Waals surface area contributed by atoms with Crippen molar-refractivity contribution in [3.63, 3.8) is 0 Å². The number of Topliss-reactive ketones (excluding diaryl/α,β-unsaturated/α-hetero) is 1. The van der Waals surface area contributed by atoms with Crippen molar-refractivity contribution in [3.8, 4) is 0 Å². The molecule has 0 saturated carbocycles. The summed E-state index contributed by atoms with van der Waals surface area (Å²) in [6.45, 7) is 9.47. The molecular formula is C13H18O2. The van der Waals surface area contributed by atoms with Crippen LogP contribution < -0.4 is 0 Å². The lowest BCUT2D eigenvalue weighted by Crippen LogP contribution is -2.12. The van der Waals surface area contributed by atoms with E-state index in [0.29, 0.717) is 11.8 Å². The fourth-order valence-electron chi connectivity index (χ4n) is 2.70. The van der Waals surface area contributed by atoms with E-state index in [9.17, 15) is 4.79 Å². The minimum atomic E-state index is 0.203. The van der Waals surface area contributed by atoms with Gasteiger partial charge in [-0.3, -0.25) is 4.79 Å². The summed E-state index contributed by atoms with van der Waals surface area (Å²) < 4.78 is 5.49. The first-order valence-electron chi connectivity index (χ1n) is 5.54. The normalized spacial score (nSPS) is 31.5. The summed E-state index contributed by atoms with van der Waals surface area (Å²) in [5, 5.41) is 0. The number of fused-ring (bicyclic) bond motifs is 1. The highest BCUT2D eigenvalue weighted by molar-refractivity contribution is 5.94. The molecule has 82 valence electrons. The highest BCUT2D eigenvalue weighted by atomic mass is 16.5. The van der Waals surface area contributed by atoms with Gasteiger partial charge in [-0.2, -0.15) is 0 Å². The van der Waals surface area contributed by atoms with Crippen molar-refractivity contribution in [2.45, 2.75) is 26.7 Å². The SMILES string of the molecule is C=C1CC(C(C)=O)=C(C)CC2COCC12. The molecule has 1 fully saturated rings. The third kappa shape index (κ3) is 1.91. The quantitative estimate of drug-likeness (QED) is 0.616. The number of carbonyl (C=O) groups is 1. The summed E-state index contributed by atoms with van der Waals surface area (Å²) in [7, 11) is 0.